The summed E-state index contributed by atoms with van der Waals surface area (Å²) < 4.78 is 15.4. The first-order valence-corrected chi connectivity index (χ1v) is 9.52. The van der Waals surface area contributed by atoms with Crippen LogP contribution < -0.4 is 9.64 Å². The number of methoxy groups -OCH3 is 2. The molecule has 0 N–H and O–H groups in total. The van der Waals surface area contributed by atoms with Gasteiger partial charge in [0.2, 0.25) is 0 Å². The standard InChI is InChI=1S/C22H26N2O5/c1-27-15-17-3-5-18(6-4-17)22(26)29-16-21(25)24-13-11-23(12-14-24)19-7-9-20(28-2)10-8-19/h3-10H,11-16H2,1-2H3. The predicted octanol–water partition coefficient (Wildman–Crippen LogP) is 2.35. The molecule has 1 aliphatic heterocycles. The van der Waals surface area contributed by atoms with Crippen LogP contribution in [-0.4, -0.2) is 63.8 Å². The minimum Gasteiger partial charge on any atom is -0.497 e. The van der Waals surface area contributed by atoms with Crippen LogP contribution in [0.25, 0.3) is 0 Å². The van der Waals surface area contributed by atoms with Gasteiger partial charge < -0.3 is 24.0 Å². The molecule has 0 atom stereocenters. The van der Waals surface area contributed by atoms with Crippen LogP contribution in [0.15, 0.2) is 48.5 Å². The fourth-order valence-corrected chi connectivity index (χ4v) is 3.21. The van der Waals surface area contributed by atoms with Crippen LogP contribution in [0.2, 0.25) is 0 Å². The molecular formula is C22H26N2O5. The molecule has 0 saturated carbocycles. The molecule has 0 aliphatic carbocycles. The van der Waals surface area contributed by atoms with Crippen molar-refractivity contribution in [3.8, 4) is 5.75 Å². The fourth-order valence-electron chi connectivity index (χ4n) is 3.21. The molecule has 1 aliphatic rings. The van der Waals surface area contributed by atoms with Crippen LogP contribution >= 0.6 is 0 Å². The van der Waals surface area contributed by atoms with Crippen molar-refractivity contribution in [2.24, 2.45) is 0 Å². The van der Waals surface area contributed by atoms with Crippen molar-refractivity contribution in [3.63, 3.8) is 0 Å². The highest BCUT2D eigenvalue weighted by Crippen LogP contribution is 2.20. The summed E-state index contributed by atoms with van der Waals surface area (Å²) in [5.74, 6) is 0.139. The molecule has 154 valence electrons. The van der Waals surface area contributed by atoms with Crippen LogP contribution in [0, 0.1) is 0 Å². The highest BCUT2D eigenvalue weighted by atomic mass is 16.5. The van der Waals surface area contributed by atoms with E-state index in [1.54, 1.807) is 43.4 Å². The number of anilines is 1. The van der Waals surface area contributed by atoms with Gasteiger partial charge in [0.15, 0.2) is 6.61 Å². The number of carbonyl (C=O) groups excluding carboxylic acids is 2. The second kappa shape index (κ2) is 9.93. The van der Waals surface area contributed by atoms with Gasteiger partial charge in [-0.1, -0.05) is 12.1 Å². The molecule has 0 unspecified atom stereocenters. The lowest BCUT2D eigenvalue weighted by atomic mass is 10.1. The molecule has 1 heterocycles. The van der Waals surface area contributed by atoms with Crippen molar-refractivity contribution < 1.29 is 23.8 Å². The third-order valence-corrected chi connectivity index (χ3v) is 4.90. The normalized spacial score (nSPS) is 13.9. The molecule has 2 aromatic carbocycles. The Kier molecular flexibility index (Phi) is 7.08. The minimum atomic E-state index is -0.501. The molecule has 2 aromatic rings. The fraction of sp³-hybridized carbons (Fsp3) is 0.364. The van der Waals surface area contributed by atoms with E-state index in [0.717, 1.165) is 30.1 Å². The first-order valence-electron chi connectivity index (χ1n) is 9.52. The summed E-state index contributed by atoms with van der Waals surface area (Å²) in [6, 6.07) is 14.8. The van der Waals surface area contributed by atoms with Crippen molar-refractivity contribution in [1.82, 2.24) is 4.90 Å². The van der Waals surface area contributed by atoms with Gasteiger partial charge in [0.25, 0.3) is 5.91 Å². The van der Waals surface area contributed by atoms with E-state index in [2.05, 4.69) is 4.90 Å². The van der Waals surface area contributed by atoms with Crippen molar-refractivity contribution >= 4 is 17.6 Å². The molecule has 0 bridgehead atoms. The Labute approximate surface area is 170 Å². The Balaban J connectivity index is 1.45. The quantitative estimate of drug-likeness (QED) is 0.667. The summed E-state index contributed by atoms with van der Waals surface area (Å²) in [6.07, 6.45) is 0. The molecule has 7 nitrogen and oxygen atoms in total. The lowest BCUT2D eigenvalue weighted by Gasteiger charge is -2.36. The molecule has 0 aromatic heterocycles. The zero-order valence-electron chi connectivity index (χ0n) is 16.8. The zero-order chi connectivity index (χ0) is 20.6. The Hall–Kier alpha value is -3.06. The second-order valence-electron chi connectivity index (χ2n) is 6.77. The predicted molar refractivity (Wildman–Crippen MR) is 109 cm³/mol. The number of amides is 1. The summed E-state index contributed by atoms with van der Waals surface area (Å²) in [7, 11) is 3.26. The van der Waals surface area contributed by atoms with Crippen molar-refractivity contribution in [3.05, 3.63) is 59.7 Å². The third-order valence-electron chi connectivity index (χ3n) is 4.90. The van der Waals surface area contributed by atoms with Gasteiger partial charge in [0, 0.05) is 39.0 Å². The van der Waals surface area contributed by atoms with Crippen LogP contribution in [-0.2, 0) is 20.9 Å². The van der Waals surface area contributed by atoms with Crippen molar-refractivity contribution in [2.45, 2.75) is 6.61 Å². The van der Waals surface area contributed by atoms with Gasteiger partial charge in [0.05, 0.1) is 19.3 Å². The Morgan fingerprint density at radius 1 is 0.897 bits per heavy atom. The van der Waals surface area contributed by atoms with Crippen molar-refractivity contribution in [1.29, 1.82) is 0 Å². The highest BCUT2D eigenvalue weighted by Gasteiger charge is 2.22. The summed E-state index contributed by atoms with van der Waals surface area (Å²) in [5.41, 5.74) is 2.48. The van der Waals surface area contributed by atoms with Gasteiger partial charge in [-0.15, -0.1) is 0 Å². The summed E-state index contributed by atoms with van der Waals surface area (Å²) in [4.78, 5) is 28.5. The number of benzene rings is 2. The van der Waals surface area contributed by atoms with Crippen molar-refractivity contribution in [2.75, 3.05) is 51.9 Å². The number of hydrogen-bond acceptors (Lipinski definition) is 6. The SMILES string of the molecule is COCc1ccc(C(=O)OCC(=O)N2CCN(c3ccc(OC)cc3)CC2)cc1. The van der Waals surface area contributed by atoms with Gasteiger partial charge in [0.1, 0.15) is 5.75 Å². The van der Waals surface area contributed by atoms with Crippen LogP contribution in [0.5, 0.6) is 5.75 Å². The highest BCUT2D eigenvalue weighted by molar-refractivity contribution is 5.91. The van der Waals surface area contributed by atoms with E-state index in [1.807, 2.05) is 24.3 Å². The number of hydrogen-bond donors (Lipinski definition) is 0. The molecule has 1 amide bonds. The summed E-state index contributed by atoms with van der Waals surface area (Å²) in [5, 5.41) is 0. The number of carbonyl (C=O) groups is 2. The number of esters is 1. The molecule has 7 heteroatoms. The van der Waals surface area contributed by atoms with Gasteiger partial charge in [-0.05, 0) is 42.0 Å². The average molecular weight is 398 g/mol. The largest absolute Gasteiger partial charge is 0.497 e. The average Bonchev–Trinajstić information content (AvgIpc) is 2.78. The van der Waals surface area contributed by atoms with E-state index in [-0.39, 0.29) is 12.5 Å². The first kappa shape index (κ1) is 20.7. The maximum absolute atomic E-state index is 12.4. The van der Waals surface area contributed by atoms with E-state index in [9.17, 15) is 9.59 Å². The molecule has 1 saturated heterocycles. The van der Waals surface area contributed by atoms with E-state index >= 15 is 0 Å². The van der Waals surface area contributed by atoms with E-state index in [4.69, 9.17) is 14.2 Å². The van der Waals surface area contributed by atoms with Crippen LogP contribution in [0.1, 0.15) is 15.9 Å². The number of rotatable bonds is 7. The van der Waals surface area contributed by atoms with Gasteiger partial charge >= 0.3 is 5.97 Å². The number of ether oxygens (including phenoxy) is 3. The molecule has 0 radical (unpaired) electrons. The molecule has 3 rings (SSSR count). The van der Waals surface area contributed by atoms with Gasteiger partial charge in [-0.3, -0.25) is 4.79 Å². The molecule has 29 heavy (non-hydrogen) atoms. The minimum absolute atomic E-state index is 0.177. The zero-order valence-corrected chi connectivity index (χ0v) is 16.8. The smallest absolute Gasteiger partial charge is 0.338 e. The summed E-state index contributed by atoms with van der Waals surface area (Å²) >= 11 is 0. The van der Waals surface area contributed by atoms with Crippen LogP contribution in [0.4, 0.5) is 5.69 Å². The van der Waals surface area contributed by atoms with E-state index < -0.39 is 5.97 Å². The Morgan fingerprint density at radius 3 is 2.14 bits per heavy atom. The Morgan fingerprint density at radius 2 is 1.55 bits per heavy atom. The summed E-state index contributed by atoms with van der Waals surface area (Å²) in [6.45, 7) is 2.87. The van der Waals surface area contributed by atoms with Crippen LogP contribution in [0.3, 0.4) is 0 Å². The first-order chi connectivity index (χ1) is 14.1. The maximum Gasteiger partial charge on any atom is 0.338 e. The van der Waals surface area contributed by atoms with E-state index in [1.165, 1.54) is 0 Å². The maximum atomic E-state index is 12.4. The number of piperazine rings is 1. The molecule has 0 spiro atoms. The second-order valence-corrected chi connectivity index (χ2v) is 6.77. The monoisotopic (exact) mass is 398 g/mol. The van der Waals surface area contributed by atoms with Gasteiger partial charge in [-0.25, -0.2) is 4.79 Å². The lowest BCUT2D eigenvalue weighted by Crippen LogP contribution is -2.49. The molecular weight excluding hydrogens is 372 g/mol. The topological polar surface area (TPSA) is 68.3 Å². The Bertz CT molecular complexity index is 812. The number of nitrogens with zero attached hydrogens (tertiary/aromatic N) is 2. The molecule has 1 fully saturated rings. The third kappa shape index (κ3) is 5.48. The van der Waals surface area contributed by atoms with E-state index in [0.29, 0.717) is 25.3 Å². The van der Waals surface area contributed by atoms with Gasteiger partial charge in [-0.2, -0.15) is 0 Å². The lowest BCUT2D eigenvalue weighted by molar-refractivity contribution is -0.134.